The summed E-state index contributed by atoms with van der Waals surface area (Å²) in [5.41, 5.74) is -0.887. The first kappa shape index (κ1) is 13.4. The SMILES string of the molecule is CC(C)(C(=O)N1CCCCC1)C(=O)N1CCCC1. The third kappa shape index (κ3) is 2.52. The van der Waals surface area contributed by atoms with E-state index in [4.69, 9.17) is 0 Å². The Labute approximate surface area is 109 Å². The molecule has 0 bridgehead atoms. The second kappa shape index (κ2) is 5.29. The lowest BCUT2D eigenvalue weighted by atomic mass is 9.89. The first-order valence-corrected chi connectivity index (χ1v) is 7.12. The smallest absolute Gasteiger partial charge is 0.237 e. The number of rotatable bonds is 2. The van der Waals surface area contributed by atoms with E-state index in [1.807, 2.05) is 9.80 Å². The van der Waals surface area contributed by atoms with Crippen molar-refractivity contribution in [2.75, 3.05) is 26.2 Å². The summed E-state index contributed by atoms with van der Waals surface area (Å²) in [4.78, 5) is 28.6. The fourth-order valence-electron chi connectivity index (χ4n) is 2.90. The van der Waals surface area contributed by atoms with Crippen LogP contribution in [0.3, 0.4) is 0 Å². The van der Waals surface area contributed by atoms with Gasteiger partial charge in [-0.25, -0.2) is 0 Å². The Kier molecular flexibility index (Phi) is 3.93. The van der Waals surface area contributed by atoms with Crippen molar-refractivity contribution in [1.29, 1.82) is 0 Å². The summed E-state index contributed by atoms with van der Waals surface area (Å²) >= 11 is 0. The highest BCUT2D eigenvalue weighted by Crippen LogP contribution is 2.26. The molecule has 0 unspecified atom stereocenters. The van der Waals surface area contributed by atoms with Gasteiger partial charge in [-0.05, 0) is 46.0 Å². The first-order valence-electron chi connectivity index (χ1n) is 7.12. The summed E-state index contributed by atoms with van der Waals surface area (Å²) in [6.45, 7) is 6.82. The molecule has 0 aliphatic carbocycles. The number of likely N-dealkylation sites (tertiary alicyclic amines) is 2. The van der Waals surface area contributed by atoms with Gasteiger partial charge in [-0.2, -0.15) is 0 Å². The number of nitrogens with zero attached hydrogens (tertiary/aromatic N) is 2. The highest BCUT2D eigenvalue weighted by molar-refractivity contribution is 6.04. The van der Waals surface area contributed by atoms with Crippen LogP contribution in [0.5, 0.6) is 0 Å². The molecule has 0 aromatic heterocycles. The van der Waals surface area contributed by atoms with E-state index in [1.165, 1.54) is 6.42 Å². The van der Waals surface area contributed by atoms with Gasteiger partial charge in [-0.3, -0.25) is 9.59 Å². The number of hydrogen-bond acceptors (Lipinski definition) is 2. The van der Waals surface area contributed by atoms with Crippen molar-refractivity contribution < 1.29 is 9.59 Å². The lowest BCUT2D eigenvalue weighted by Gasteiger charge is -2.35. The zero-order valence-corrected chi connectivity index (χ0v) is 11.6. The zero-order chi connectivity index (χ0) is 13.2. The molecular formula is C14H24N2O2. The van der Waals surface area contributed by atoms with Crippen molar-refractivity contribution in [3.8, 4) is 0 Å². The van der Waals surface area contributed by atoms with E-state index in [9.17, 15) is 9.59 Å². The van der Waals surface area contributed by atoms with Crippen LogP contribution >= 0.6 is 0 Å². The van der Waals surface area contributed by atoms with Gasteiger partial charge in [0.05, 0.1) is 0 Å². The first-order chi connectivity index (χ1) is 8.53. The summed E-state index contributed by atoms with van der Waals surface area (Å²) in [6, 6.07) is 0. The van der Waals surface area contributed by atoms with E-state index in [-0.39, 0.29) is 11.8 Å². The Morgan fingerprint density at radius 2 is 1.06 bits per heavy atom. The molecule has 2 saturated heterocycles. The van der Waals surface area contributed by atoms with Crippen LogP contribution in [0.4, 0.5) is 0 Å². The molecule has 4 nitrogen and oxygen atoms in total. The molecule has 4 heteroatoms. The largest absolute Gasteiger partial charge is 0.342 e. The highest BCUT2D eigenvalue weighted by atomic mass is 16.2. The number of hydrogen-bond donors (Lipinski definition) is 0. The molecular weight excluding hydrogens is 228 g/mol. The molecule has 0 aromatic carbocycles. The fourth-order valence-corrected chi connectivity index (χ4v) is 2.90. The minimum Gasteiger partial charge on any atom is -0.342 e. The van der Waals surface area contributed by atoms with Gasteiger partial charge in [0.1, 0.15) is 5.41 Å². The predicted molar refractivity (Wildman–Crippen MR) is 70.0 cm³/mol. The van der Waals surface area contributed by atoms with Crippen LogP contribution in [0.25, 0.3) is 0 Å². The van der Waals surface area contributed by atoms with Gasteiger partial charge in [0.25, 0.3) is 0 Å². The van der Waals surface area contributed by atoms with Gasteiger partial charge in [0.2, 0.25) is 11.8 Å². The molecule has 0 spiro atoms. The second-order valence-electron chi connectivity index (χ2n) is 5.98. The van der Waals surface area contributed by atoms with Crippen molar-refractivity contribution in [1.82, 2.24) is 9.80 Å². The maximum absolute atomic E-state index is 12.5. The van der Waals surface area contributed by atoms with Crippen molar-refractivity contribution in [3.05, 3.63) is 0 Å². The van der Waals surface area contributed by atoms with Crippen LogP contribution in [-0.2, 0) is 9.59 Å². The molecule has 2 aliphatic rings. The van der Waals surface area contributed by atoms with Crippen LogP contribution in [0.1, 0.15) is 46.0 Å². The van der Waals surface area contributed by atoms with Crippen LogP contribution in [0.15, 0.2) is 0 Å². The highest BCUT2D eigenvalue weighted by Gasteiger charge is 2.42. The van der Waals surface area contributed by atoms with Crippen LogP contribution in [-0.4, -0.2) is 47.8 Å². The van der Waals surface area contributed by atoms with E-state index in [0.717, 1.165) is 51.9 Å². The minimum absolute atomic E-state index is 0.00979. The third-order valence-corrected chi connectivity index (χ3v) is 4.11. The minimum atomic E-state index is -0.887. The molecule has 0 radical (unpaired) electrons. The lowest BCUT2D eigenvalue weighted by Crippen LogP contribution is -2.51. The fraction of sp³-hybridized carbons (Fsp3) is 0.857. The Bertz CT molecular complexity index is 327. The van der Waals surface area contributed by atoms with Crippen molar-refractivity contribution in [2.24, 2.45) is 5.41 Å². The van der Waals surface area contributed by atoms with Gasteiger partial charge in [0, 0.05) is 26.2 Å². The second-order valence-corrected chi connectivity index (χ2v) is 5.98. The monoisotopic (exact) mass is 252 g/mol. The van der Waals surface area contributed by atoms with Crippen LogP contribution in [0, 0.1) is 5.41 Å². The van der Waals surface area contributed by atoms with Gasteiger partial charge < -0.3 is 9.80 Å². The average Bonchev–Trinajstić information content (AvgIpc) is 2.91. The number of carbonyl (C=O) groups is 2. The molecule has 2 amide bonds. The molecule has 2 aliphatic heterocycles. The van der Waals surface area contributed by atoms with Gasteiger partial charge in [0.15, 0.2) is 0 Å². The summed E-state index contributed by atoms with van der Waals surface area (Å²) < 4.78 is 0. The number of piperidine rings is 1. The molecule has 2 rings (SSSR count). The number of carbonyl (C=O) groups excluding carboxylic acids is 2. The Morgan fingerprint density at radius 3 is 1.44 bits per heavy atom. The summed E-state index contributed by atoms with van der Waals surface area (Å²) in [5.74, 6) is 0.0228. The predicted octanol–water partition coefficient (Wildman–Crippen LogP) is 1.65. The quantitative estimate of drug-likeness (QED) is 0.701. The van der Waals surface area contributed by atoms with E-state index in [1.54, 1.807) is 13.8 Å². The average molecular weight is 252 g/mol. The Morgan fingerprint density at radius 1 is 0.722 bits per heavy atom. The normalized spacial score (nSPS) is 21.2. The van der Waals surface area contributed by atoms with Crippen LogP contribution < -0.4 is 0 Å². The summed E-state index contributed by atoms with van der Waals surface area (Å²) in [7, 11) is 0. The van der Waals surface area contributed by atoms with Crippen molar-refractivity contribution >= 4 is 11.8 Å². The Hall–Kier alpha value is -1.06. The number of amides is 2. The van der Waals surface area contributed by atoms with E-state index in [2.05, 4.69) is 0 Å². The molecule has 18 heavy (non-hydrogen) atoms. The topological polar surface area (TPSA) is 40.6 Å². The maximum Gasteiger partial charge on any atom is 0.237 e. The molecule has 0 aromatic rings. The van der Waals surface area contributed by atoms with Gasteiger partial charge in [-0.1, -0.05) is 0 Å². The standard InChI is InChI=1S/C14H24N2O2/c1-14(2,13(18)16-10-6-7-11-16)12(17)15-8-4-3-5-9-15/h3-11H2,1-2H3. The van der Waals surface area contributed by atoms with E-state index < -0.39 is 5.41 Å². The lowest BCUT2D eigenvalue weighted by molar-refractivity contribution is -0.154. The maximum atomic E-state index is 12.5. The molecule has 2 heterocycles. The van der Waals surface area contributed by atoms with Crippen molar-refractivity contribution in [3.63, 3.8) is 0 Å². The Balaban J connectivity index is 2.03. The summed E-state index contributed by atoms with van der Waals surface area (Å²) in [6.07, 6.45) is 5.48. The zero-order valence-electron chi connectivity index (χ0n) is 11.6. The van der Waals surface area contributed by atoms with E-state index in [0.29, 0.717) is 0 Å². The summed E-state index contributed by atoms with van der Waals surface area (Å²) in [5, 5.41) is 0. The molecule has 0 saturated carbocycles. The van der Waals surface area contributed by atoms with Crippen molar-refractivity contribution in [2.45, 2.75) is 46.0 Å². The van der Waals surface area contributed by atoms with Gasteiger partial charge in [-0.15, -0.1) is 0 Å². The molecule has 0 N–H and O–H groups in total. The molecule has 2 fully saturated rings. The van der Waals surface area contributed by atoms with Crippen LogP contribution in [0.2, 0.25) is 0 Å². The van der Waals surface area contributed by atoms with E-state index >= 15 is 0 Å². The third-order valence-electron chi connectivity index (χ3n) is 4.11. The van der Waals surface area contributed by atoms with Gasteiger partial charge >= 0.3 is 0 Å². The molecule has 102 valence electrons. The molecule has 0 atom stereocenters.